The summed E-state index contributed by atoms with van der Waals surface area (Å²) in [5.41, 5.74) is 3.36. The van der Waals surface area contributed by atoms with Crippen molar-refractivity contribution in [2.24, 2.45) is 0 Å². The molecule has 0 saturated heterocycles. The molecule has 2 aromatic rings. The molecule has 94 valence electrons. The molecule has 0 saturated carbocycles. The first-order valence-corrected chi connectivity index (χ1v) is 5.96. The quantitative estimate of drug-likeness (QED) is 0.881. The van der Waals surface area contributed by atoms with Crippen LogP contribution in [0.25, 0.3) is 0 Å². The fourth-order valence-corrected chi connectivity index (χ4v) is 2.35. The van der Waals surface area contributed by atoms with Crippen LogP contribution in [0.15, 0.2) is 41.2 Å². The Morgan fingerprint density at radius 2 is 2.28 bits per heavy atom. The standard InChI is InChI=1S/C14H16N2O2/c1-16-7-12(15-13-8-18-9-14(13)16)10-4-3-5-11(6-10)17-2/h3-6,8-9,12,15H,7H2,1-2H3. The van der Waals surface area contributed by atoms with Crippen LogP contribution in [-0.2, 0) is 0 Å². The molecule has 1 aromatic heterocycles. The molecule has 4 heteroatoms. The van der Waals surface area contributed by atoms with E-state index in [1.807, 2.05) is 12.1 Å². The summed E-state index contributed by atoms with van der Waals surface area (Å²) in [6.45, 7) is 0.902. The van der Waals surface area contributed by atoms with E-state index < -0.39 is 0 Å². The van der Waals surface area contributed by atoms with Crippen LogP contribution in [-0.4, -0.2) is 20.7 Å². The highest BCUT2D eigenvalue weighted by Crippen LogP contribution is 2.36. The summed E-state index contributed by atoms with van der Waals surface area (Å²) in [7, 11) is 3.76. The number of nitrogens with zero attached hydrogens (tertiary/aromatic N) is 1. The van der Waals surface area contributed by atoms with E-state index in [1.165, 1.54) is 5.56 Å². The van der Waals surface area contributed by atoms with Gasteiger partial charge in [0.2, 0.25) is 0 Å². The van der Waals surface area contributed by atoms with E-state index in [0.29, 0.717) is 0 Å². The van der Waals surface area contributed by atoms with Crippen LogP contribution < -0.4 is 15.0 Å². The number of anilines is 2. The lowest BCUT2D eigenvalue weighted by Gasteiger charge is -2.32. The third-order valence-electron chi connectivity index (χ3n) is 3.34. The second-order valence-electron chi connectivity index (χ2n) is 4.52. The number of likely N-dealkylation sites (N-methyl/N-ethyl adjacent to an activating group) is 1. The number of fused-ring (bicyclic) bond motifs is 1. The molecule has 1 N–H and O–H groups in total. The van der Waals surface area contributed by atoms with E-state index in [9.17, 15) is 0 Å². The van der Waals surface area contributed by atoms with Gasteiger partial charge in [-0.2, -0.15) is 0 Å². The Hall–Kier alpha value is -2.10. The molecular formula is C14H16N2O2. The van der Waals surface area contributed by atoms with Gasteiger partial charge < -0.3 is 19.4 Å². The average Bonchev–Trinajstić information content (AvgIpc) is 2.87. The first-order chi connectivity index (χ1) is 8.78. The van der Waals surface area contributed by atoms with Gasteiger partial charge in [-0.25, -0.2) is 0 Å². The lowest BCUT2D eigenvalue weighted by Crippen LogP contribution is -2.32. The van der Waals surface area contributed by atoms with Gasteiger partial charge in [0.15, 0.2) is 0 Å². The summed E-state index contributed by atoms with van der Waals surface area (Å²) in [5.74, 6) is 0.884. The highest BCUT2D eigenvalue weighted by molar-refractivity contribution is 5.71. The summed E-state index contributed by atoms with van der Waals surface area (Å²) >= 11 is 0. The molecule has 1 aromatic carbocycles. The first-order valence-electron chi connectivity index (χ1n) is 5.96. The van der Waals surface area contributed by atoms with Crippen LogP contribution in [0.3, 0.4) is 0 Å². The monoisotopic (exact) mass is 244 g/mol. The molecule has 18 heavy (non-hydrogen) atoms. The lowest BCUT2D eigenvalue weighted by molar-refractivity contribution is 0.414. The smallest absolute Gasteiger partial charge is 0.119 e. The number of rotatable bonds is 2. The van der Waals surface area contributed by atoms with E-state index in [0.717, 1.165) is 23.7 Å². The lowest BCUT2D eigenvalue weighted by atomic mass is 10.0. The third-order valence-corrected chi connectivity index (χ3v) is 3.34. The van der Waals surface area contributed by atoms with E-state index >= 15 is 0 Å². The maximum Gasteiger partial charge on any atom is 0.119 e. The minimum absolute atomic E-state index is 0.246. The molecule has 3 rings (SSSR count). The van der Waals surface area contributed by atoms with Gasteiger partial charge in [-0.05, 0) is 17.7 Å². The Morgan fingerprint density at radius 1 is 1.39 bits per heavy atom. The predicted molar refractivity (Wildman–Crippen MR) is 71.3 cm³/mol. The van der Waals surface area contributed by atoms with Crippen molar-refractivity contribution in [1.82, 2.24) is 0 Å². The van der Waals surface area contributed by atoms with Crippen molar-refractivity contribution in [2.45, 2.75) is 6.04 Å². The number of nitrogens with one attached hydrogen (secondary N) is 1. The molecule has 1 atom stereocenters. The minimum atomic E-state index is 0.246. The Kier molecular flexibility index (Phi) is 2.63. The Bertz CT molecular complexity index is 550. The third kappa shape index (κ3) is 1.79. The number of hydrogen-bond acceptors (Lipinski definition) is 4. The summed E-state index contributed by atoms with van der Waals surface area (Å²) < 4.78 is 10.5. The van der Waals surface area contributed by atoms with E-state index in [2.05, 4.69) is 29.4 Å². The molecule has 0 spiro atoms. The largest absolute Gasteiger partial charge is 0.497 e. The molecule has 1 aliphatic rings. The van der Waals surface area contributed by atoms with Gasteiger partial charge in [0.05, 0.1) is 24.5 Å². The van der Waals surface area contributed by atoms with Crippen LogP contribution in [0, 0.1) is 0 Å². The average molecular weight is 244 g/mol. The minimum Gasteiger partial charge on any atom is -0.497 e. The summed E-state index contributed by atoms with van der Waals surface area (Å²) in [6.07, 6.45) is 3.52. The van der Waals surface area contributed by atoms with Crippen molar-refractivity contribution in [3.8, 4) is 5.75 Å². The van der Waals surface area contributed by atoms with Gasteiger partial charge in [-0.15, -0.1) is 0 Å². The van der Waals surface area contributed by atoms with Gasteiger partial charge >= 0.3 is 0 Å². The van der Waals surface area contributed by atoms with Gasteiger partial charge in [0.25, 0.3) is 0 Å². The molecule has 1 unspecified atom stereocenters. The number of benzene rings is 1. The van der Waals surface area contributed by atoms with Crippen molar-refractivity contribution < 1.29 is 9.15 Å². The van der Waals surface area contributed by atoms with Crippen LogP contribution in [0.2, 0.25) is 0 Å². The van der Waals surface area contributed by atoms with Crippen molar-refractivity contribution in [2.75, 3.05) is 30.9 Å². The molecule has 2 heterocycles. The van der Waals surface area contributed by atoms with Crippen molar-refractivity contribution in [3.05, 3.63) is 42.4 Å². The molecule has 0 radical (unpaired) electrons. The Morgan fingerprint density at radius 3 is 3.11 bits per heavy atom. The molecule has 0 bridgehead atoms. The maximum atomic E-state index is 5.27. The van der Waals surface area contributed by atoms with Crippen LogP contribution in [0.5, 0.6) is 5.75 Å². The van der Waals surface area contributed by atoms with Crippen LogP contribution >= 0.6 is 0 Å². The second kappa shape index (κ2) is 4.29. The zero-order chi connectivity index (χ0) is 12.5. The van der Waals surface area contributed by atoms with Gasteiger partial charge in [0, 0.05) is 13.6 Å². The first kappa shape index (κ1) is 11.0. The Balaban J connectivity index is 1.90. The predicted octanol–water partition coefficient (Wildman–Crippen LogP) is 2.89. The molecule has 0 fully saturated rings. The van der Waals surface area contributed by atoms with Crippen molar-refractivity contribution in [3.63, 3.8) is 0 Å². The highest BCUT2D eigenvalue weighted by atomic mass is 16.5. The molecule has 0 amide bonds. The zero-order valence-electron chi connectivity index (χ0n) is 10.5. The number of furan rings is 1. The highest BCUT2D eigenvalue weighted by Gasteiger charge is 2.24. The van der Waals surface area contributed by atoms with Gasteiger partial charge in [0.1, 0.15) is 18.3 Å². The SMILES string of the molecule is COc1cccc(C2CN(C)c3cocc3N2)c1. The molecule has 1 aliphatic heterocycles. The number of methoxy groups -OCH3 is 1. The fraction of sp³-hybridized carbons (Fsp3) is 0.286. The van der Waals surface area contributed by atoms with Crippen molar-refractivity contribution in [1.29, 1.82) is 0 Å². The molecular weight excluding hydrogens is 228 g/mol. The Labute approximate surface area is 106 Å². The summed E-state index contributed by atoms with van der Waals surface area (Å²) in [4.78, 5) is 2.19. The number of ether oxygens (including phenoxy) is 1. The van der Waals surface area contributed by atoms with Gasteiger partial charge in [-0.3, -0.25) is 0 Å². The van der Waals surface area contributed by atoms with Gasteiger partial charge in [-0.1, -0.05) is 12.1 Å². The van der Waals surface area contributed by atoms with E-state index in [1.54, 1.807) is 19.6 Å². The number of hydrogen-bond donors (Lipinski definition) is 1. The van der Waals surface area contributed by atoms with E-state index in [-0.39, 0.29) is 6.04 Å². The summed E-state index contributed by atoms with van der Waals surface area (Å²) in [6, 6.07) is 8.39. The van der Waals surface area contributed by atoms with E-state index in [4.69, 9.17) is 9.15 Å². The van der Waals surface area contributed by atoms with Crippen LogP contribution in [0.4, 0.5) is 11.4 Å². The normalized spacial score (nSPS) is 18.1. The maximum absolute atomic E-state index is 5.27. The topological polar surface area (TPSA) is 37.6 Å². The summed E-state index contributed by atoms with van der Waals surface area (Å²) in [5, 5.41) is 3.48. The molecule has 4 nitrogen and oxygen atoms in total. The van der Waals surface area contributed by atoms with Crippen molar-refractivity contribution >= 4 is 11.4 Å². The van der Waals surface area contributed by atoms with Crippen LogP contribution in [0.1, 0.15) is 11.6 Å². The zero-order valence-corrected chi connectivity index (χ0v) is 10.5. The molecule has 0 aliphatic carbocycles. The second-order valence-corrected chi connectivity index (χ2v) is 4.52. The fourth-order valence-electron chi connectivity index (χ4n) is 2.35.